The Morgan fingerprint density at radius 3 is 2.61 bits per heavy atom. The molecule has 2 bridgehead atoms. The van der Waals surface area contributed by atoms with Gasteiger partial charge in [0, 0.05) is 20.0 Å². The summed E-state index contributed by atoms with van der Waals surface area (Å²) >= 11 is 0. The number of imidazole rings is 1. The van der Waals surface area contributed by atoms with Crippen LogP contribution in [0.15, 0.2) is 18.6 Å². The SMILES string of the molecule is CC(=O)Oc1ncn2ccc(C3CC3)c(CC3CC4CC3CC4OC(C)=O)c12. The van der Waals surface area contributed by atoms with Crippen LogP contribution in [0.2, 0.25) is 0 Å². The van der Waals surface area contributed by atoms with Crippen molar-refractivity contribution in [1.82, 2.24) is 9.38 Å². The Morgan fingerprint density at radius 1 is 1.14 bits per heavy atom. The predicted molar refractivity (Wildman–Crippen MR) is 102 cm³/mol. The number of pyridine rings is 1. The van der Waals surface area contributed by atoms with E-state index in [1.165, 1.54) is 37.8 Å². The highest BCUT2D eigenvalue weighted by atomic mass is 16.5. The predicted octanol–water partition coefficient (Wildman–Crippen LogP) is 3.66. The van der Waals surface area contributed by atoms with E-state index >= 15 is 0 Å². The molecular formula is C22H26N2O4. The van der Waals surface area contributed by atoms with E-state index in [4.69, 9.17) is 9.47 Å². The fraction of sp³-hybridized carbons (Fsp3) is 0.591. The van der Waals surface area contributed by atoms with Gasteiger partial charge in [0.15, 0.2) is 0 Å². The second kappa shape index (κ2) is 6.61. The van der Waals surface area contributed by atoms with Crippen LogP contribution in [-0.2, 0) is 20.7 Å². The highest BCUT2D eigenvalue weighted by Crippen LogP contribution is 2.52. The van der Waals surface area contributed by atoms with Crippen molar-refractivity contribution in [2.24, 2.45) is 17.8 Å². The zero-order valence-electron chi connectivity index (χ0n) is 16.4. The number of fused-ring (bicyclic) bond motifs is 3. The van der Waals surface area contributed by atoms with Crippen LogP contribution < -0.4 is 4.74 Å². The van der Waals surface area contributed by atoms with Gasteiger partial charge in [-0.1, -0.05) is 0 Å². The van der Waals surface area contributed by atoms with Crippen molar-refractivity contribution in [2.75, 3.05) is 0 Å². The number of nitrogens with zero attached hydrogens (tertiary/aromatic N) is 2. The molecule has 0 N–H and O–H groups in total. The molecule has 6 heteroatoms. The number of esters is 2. The minimum absolute atomic E-state index is 0.101. The molecule has 2 aromatic heterocycles. The van der Waals surface area contributed by atoms with Gasteiger partial charge in [0.2, 0.25) is 5.88 Å². The van der Waals surface area contributed by atoms with E-state index in [-0.39, 0.29) is 18.0 Å². The van der Waals surface area contributed by atoms with Crippen molar-refractivity contribution < 1.29 is 19.1 Å². The molecule has 4 atom stereocenters. The number of rotatable bonds is 5. The summed E-state index contributed by atoms with van der Waals surface area (Å²) in [6.45, 7) is 2.92. The summed E-state index contributed by atoms with van der Waals surface area (Å²) in [6.07, 6.45) is 10.5. The van der Waals surface area contributed by atoms with Crippen molar-refractivity contribution in [3.8, 4) is 5.88 Å². The Morgan fingerprint density at radius 2 is 1.96 bits per heavy atom. The molecule has 28 heavy (non-hydrogen) atoms. The molecule has 3 aliphatic rings. The first kappa shape index (κ1) is 17.7. The van der Waals surface area contributed by atoms with Crippen LogP contribution >= 0.6 is 0 Å². The smallest absolute Gasteiger partial charge is 0.309 e. The second-order valence-corrected chi connectivity index (χ2v) is 8.76. The van der Waals surface area contributed by atoms with Gasteiger partial charge in [-0.15, -0.1) is 0 Å². The lowest BCUT2D eigenvalue weighted by atomic mass is 9.81. The fourth-order valence-corrected chi connectivity index (χ4v) is 5.55. The van der Waals surface area contributed by atoms with Crippen LogP contribution in [0.5, 0.6) is 5.88 Å². The Kier molecular flexibility index (Phi) is 4.18. The molecule has 0 radical (unpaired) electrons. The summed E-state index contributed by atoms with van der Waals surface area (Å²) in [5.41, 5.74) is 3.62. The molecule has 0 aliphatic heterocycles. The maximum atomic E-state index is 11.6. The van der Waals surface area contributed by atoms with Crippen LogP contribution in [0.25, 0.3) is 5.52 Å². The molecule has 0 amide bonds. The molecule has 2 aromatic rings. The molecule has 5 rings (SSSR count). The highest BCUT2D eigenvalue weighted by Gasteiger charge is 2.47. The summed E-state index contributed by atoms with van der Waals surface area (Å²) in [7, 11) is 0. The standard InChI is InChI=1S/C22H26N2O4/c1-12(25)27-20-10-16-8-17(20)7-15(16)9-19-18(14-3-4-14)5-6-24-11-23-22(21(19)24)28-13(2)26/h5-6,11,14-17,20H,3-4,7-10H2,1-2H3. The number of carbonyl (C=O) groups is 2. The van der Waals surface area contributed by atoms with Crippen molar-refractivity contribution in [3.63, 3.8) is 0 Å². The number of aromatic nitrogens is 2. The third kappa shape index (κ3) is 3.09. The van der Waals surface area contributed by atoms with Crippen LogP contribution in [-0.4, -0.2) is 27.4 Å². The molecule has 6 nitrogen and oxygen atoms in total. The van der Waals surface area contributed by atoms with Gasteiger partial charge < -0.3 is 13.9 Å². The number of hydrogen-bond acceptors (Lipinski definition) is 5. The number of carbonyl (C=O) groups excluding carboxylic acids is 2. The van der Waals surface area contributed by atoms with Gasteiger partial charge in [0.25, 0.3) is 0 Å². The zero-order chi connectivity index (χ0) is 19.4. The lowest BCUT2D eigenvalue weighted by Gasteiger charge is -2.28. The molecule has 2 heterocycles. The van der Waals surface area contributed by atoms with Crippen LogP contribution in [0.1, 0.15) is 63.0 Å². The first-order chi connectivity index (χ1) is 13.5. The van der Waals surface area contributed by atoms with Crippen LogP contribution in [0.4, 0.5) is 0 Å². The Labute approximate surface area is 164 Å². The average molecular weight is 382 g/mol. The molecule has 3 saturated carbocycles. The van der Waals surface area contributed by atoms with Crippen molar-refractivity contribution in [1.29, 1.82) is 0 Å². The third-order valence-electron chi connectivity index (χ3n) is 6.79. The van der Waals surface area contributed by atoms with E-state index in [0.717, 1.165) is 31.2 Å². The molecule has 0 saturated heterocycles. The van der Waals surface area contributed by atoms with Gasteiger partial charge in [-0.05, 0) is 79.4 Å². The third-order valence-corrected chi connectivity index (χ3v) is 6.79. The molecule has 0 spiro atoms. The normalized spacial score (nSPS) is 28.6. The summed E-state index contributed by atoms with van der Waals surface area (Å²) in [5, 5.41) is 0. The molecule has 3 aliphatic carbocycles. The van der Waals surface area contributed by atoms with Crippen LogP contribution in [0.3, 0.4) is 0 Å². The summed E-state index contributed by atoms with van der Waals surface area (Å²) < 4.78 is 12.9. The first-order valence-corrected chi connectivity index (χ1v) is 10.3. The Bertz CT molecular complexity index is 945. The van der Waals surface area contributed by atoms with E-state index in [9.17, 15) is 9.59 Å². The molecular weight excluding hydrogens is 356 g/mol. The number of ether oxygens (including phenoxy) is 2. The maximum absolute atomic E-state index is 11.6. The monoisotopic (exact) mass is 382 g/mol. The van der Waals surface area contributed by atoms with Crippen molar-refractivity contribution >= 4 is 17.5 Å². The van der Waals surface area contributed by atoms with Gasteiger partial charge in [-0.25, -0.2) is 4.98 Å². The molecule has 3 fully saturated rings. The average Bonchev–Trinajstić information content (AvgIpc) is 3.12. The minimum Gasteiger partial charge on any atom is -0.462 e. The van der Waals surface area contributed by atoms with E-state index in [1.54, 1.807) is 6.33 Å². The quantitative estimate of drug-likeness (QED) is 0.738. The number of hydrogen-bond donors (Lipinski definition) is 0. The summed E-state index contributed by atoms with van der Waals surface area (Å²) in [5.74, 6) is 2.20. The van der Waals surface area contributed by atoms with Gasteiger partial charge >= 0.3 is 11.9 Å². The lowest BCUT2D eigenvalue weighted by Crippen LogP contribution is -2.27. The van der Waals surface area contributed by atoms with Gasteiger partial charge in [0.1, 0.15) is 17.9 Å². The maximum Gasteiger partial charge on any atom is 0.309 e. The minimum atomic E-state index is -0.340. The topological polar surface area (TPSA) is 69.9 Å². The fourth-order valence-electron chi connectivity index (χ4n) is 5.55. The molecule has 0 aromatic carbocycles. The lowest BCUT2D eigenvalue weighted by molar-refractivity contribution is -0.149. The molecule has 4 unspecified atom stereocenters. The summed E-state index contributed by atoms with van der Waals surface area (Å²) in [6, 6.07) is 2.22. The zero-order valence-corrected chi connectivity index (χ0v) is 16.4. The van der Waals surface area contributed by atoms with Crippen LogP contribution in [0, 0.1) is 17.8 Å². The highest BCUT2D eigenvalue weighted by molar-refractivity contribution is 5.75. The Hall–Kier alpha value is -2.37. The Balaban J connectivity index is 1.45. The van der Waals surface area contributed by atoms with Gasteiger partial charge in [0.05, 0.1) is 0 Å². The summed E-state index contributed by atoms with van der Waals surface area (Å²) in [4.78, 5) is 27.2. The van der Waals surface area contributed by atoms with Gasteiger partial charge in [-0.3, -0.25) is 9.59 Å². The van der Waals surface area contributed by atoms with E-state index < -0.39 is 0 Å². The van der Waals surface area contributed by atoms with Crippen molar-refractivity contribution in [2.45, 2.75) is 64.4 Å². The van der Waals surface area contributed by atoms with E-state index in [2.05, 4.69) is 11.1 Å². The van der Waals surface area contributed by atoms with E-state index in [0.29, 0.717) is 29.6 Å². The first-order valence-electron chi connectivity index (χ1n) is 10.3. The largest absolute Gasteiger partial charge is 0.462 e. The van der Waals surface area contributed by atoms with Gasteiger partial charge in [-0.2, -0.15) is 0 Å². The molecule has 148 valence electrons. The van der Waals surface area contributed by atoms with Crippen molar-refractivity contribution in [3.05, 3.63) is 29.7 Å². The second-order valence-electron chi connectivity index (χ2n) is 8.76. The van der Waals surface area contributed by atoms with E-state index in [1.807, 2.05) is 10.6 Å².